The molecule has 1 aromatic heterocycles. The molecule has 0 aliphatic carbocycles. The zero-order valence-corrected chi connectivity index (χ0v) is 17.3. The molecule has 2 atom stereocenters. The first-order chi connectivity index (χ1) is 14.2. The summed E-state index contributed by atoms with van der Waals surface area (Å²) < 4.78 is 26.8. The molecule has 7 nitrogen and oxygen atoms in total. The minimum Gasteiger partial charge on any atom is -0.384 e. The van der Waals surface area contributed by atoms with Crippen LogP contribution in [0.2, 0.25) is 0 Å². The number of anilines is 1. The molecule has 0 radical (unpaired) electrons. The van der Waals surface area contributed by atoms with Crippen LogP contribution in [0.3, 0.4) is 0 Å². The van der Waals surface area contributed by atoms with Gasteiger partial charge in [0, 0.05) is 19.2 Å². The number of benzene rings is 1. The van der Waals surface area contributed by atoms with Crippen LogP contribution in [0.15, 0.2) is 36.5 Å². The lowest BCUT2D eigenvalue weighted by molar-refractivity contribution is -0.131. The van der Waals surface area contributed by atoms with Crippen LogP contribution in [0.1, 0.15) is 25.0 Å². The molecule has 0 bridgehead atoms. The van der Waals surface area contributed by atoms with Gasteiger partial charge < -0.3 is 16.4 Å². The molecule has 4 N–H and O–H groups in total. The average Bonchev–Trinajstić information content (AvgIpc) is 2.73. The van der Waals surface area contributed by atoms with Gasteiger partial charge in [0.2, 0.25) is 11.8 Å². The largest absolute Gasteiger partial charge is 0.384 e. The summed E-state index contributed by atoms with van der Waals surface area (Å²) in [5.41, 5.74) is 6.67. The second kappa shape index (κ2) is 10.6. The highest BCUT2D eigenvalue weighted by molar-refractivity contribution is 5.89. The normalized spacial score (nSPS) is 13.0. The van der Waals surface area contributed by atoms with E-state index >= 15 is 0 Å². The van der Waals surface area contributed by atoms with Gasteiger partial charge in [-0.3, -0.25) is 14.5 Å². The molecule has 2 amide bonds. The molecule has 0 saturated heterocycles. The van der Waals surface area contributed by atoms with Crippen molar-refractivity contribution in [1.82, 2.24) is 20.5 Å². The van der Waals surface area contributed by atoms with E-state index < -0.39 is 29.6 Å². The second-order valence-electron chi connectivity index (χ2n) is 7.07. The lowest BCUT2D eigenvalue weighted by Gasteiger charge is -2.25. The highest BCUT2D eigenvalue weighted by Crippen LogP contribution is 2.11. The Labute approximate surface area is 174 Å². The van der Waals surface area contributed by atoms with Gasteiger partial charge in [-0.2, -0.15) is 0 Å². The Bertz CT molecular complexity index is 876. The molecule has 0 unspecified atom stereocenters. The van der Waals surface area contributed by atoms with E-state index in [1.165, 1.54) is 12.3 Å². The predicted molar refractivity (Wildman–Crippen MR) is 110 cm³/mol. The molecule has 162 valence electrons. The Morgan fingerprint density at radius 2 is 1.83 bits per heavy atom. The highest BCUT2D eigenvalue weighted by Gasteiger charge is 2.25. The first-order valence-corrected chi connectivity index (χ1v) is 9.64. The van der Waals surface area contributed by atoms with E-state index in [0.29, 0.717) is 17.9 Å². The maximum Gasteiger partial charge on any atom is 0.243 e. The van der Waals surface area contributed by atoms with Crippen LogP contribution in [0.25, 0.3) is 0 Å². The molecule has 0 aliphatic heterocycles. The minimum atomic E-state index is -1.01. The Kier molecular flexibility index (Phi) is 8.23. The second-order valence-corrected chi connectivity index (χ2v) is 7.07. The third-order valence-corrected chi connectivity index (χ3v) is 4.91. The van der Waals surface area contributed by atoms with Gasteiger partial charge in [-0.15, -0.1) is 0 Å². The van der Waals surface area contributed by atoms with Gasteiger partial charge in [0.05, 0.1) is 6.04 Å². The van der Waals surface area contributed by atoms with Gasteiger partial charge >= 0.3 is 0 Å². The molecular formula is C21H27F2N5O2. The number of nitrogens with one attached hydrogen (secondary N) is 2. The summed E-state index contributed by atoms with van der Waals surface area (Å²) in [5.74, 6) is -2.40. The summed E-state index contributed by atoms with van der Waals surface area (Å²) in [5, 5.41) is 5.45. The third kappa shape index (κ3) is 6.48. The Morgan fingerprint density at radius 1 is 1.13 bits per heavy atom. The van der Waals surface area contributed by atoms with Crippen molar-refractivity contribution in [2.75, 3.05) is 19.3 Å². The van der Waals surface area contributed by atoms with E-state index in [-0.39, 0.29) is 18.9 Å². The number of hydrogen-bond donors (Lipinski definition) is 3. The van der Waals surface area contributed by atoms with E-state index in [1.54, 1.807) is 26.1 Å². The van der Waals surface area contributed by atoms with Gasteiger partial charge in [-0.05, 0) is 49.8 Å². The molecule has 2 rings (SSSR count). The van der Waals surface area contributed by atoms with Crippen LogP contribution in [0.5, 0.6) is 0 Å². The summed E-state index contributed by atoms with van der Waals surface area (Å²) in [4.78, 5) is 31.2. The van der Waals surface area contributed by atoms with Gasteiger partial charge in [-0.1, -0.05) is 19.1 Å². The van der Waals surface area contributed by atoms with Gasteiger partial charge in [0.15, 0.2) is 11.6 Å². The standard InChI is InChI=1S/C21H27F2N5O2/c1-4-28(3)13(2)20(29)27-18(10-14-5-7-16(22)17(23)9-14)21(30)26-12-15-6-8-19(24)25-11-15/h5-9,11,13,18H,4,10,12H2,1-3H3,(H2,24,25)(H,26,30)(H,27,29)/t13-,18-/m0/s1. The number of carbonyl (C=O) groups is 2. The summed E-state index contributed by atoms with van der Waals surface area (Å²) >= 11 is 0. The Hall–Kier alpha value is -3.07. The quantitative estimate of drug-likeness (QED) is 0.574. The molecule has 9 heteroatoms. The topological polar surface area (TPSA) is 100 Å². The number of likely N-dealkylation sites (N-methyl/N-ethyl adjacent to an activating group) is 1. The van der Waals surface area contributed by atoms with Crippen molar-refractivity contribution in [2.45, 2.75) is 38.9 Å². The van der Waals surface area contributed by atoms with Crippen molar-refractivity contribution in [1.29, 1.82) is 0 Å². The summed E-state index contributed by atoms with van der Waals surface area (Å²) in [7, 11) is 1.79. The Morgan fingerprint density at radius 3 is 2.43 bits per heavy atom. The van der Waals surface area contributed by atoms with E-state index in [1.807, 2.05) is 11.8 Å². The number of carbonyl (C=O) groups excluding carboxylic acids is 2. The number of rotatable bonds is 9. The number of pyridine rings is 1. The van der Waals surface area contributed by atoms with Gasteiger partial charge in [0.1, 0.15) is 11.9 Å². The minimum absolute atomic E-state index is 0.0112. The highest BCUT2D eigenvalue weighted by atomic mass is 19.2. The van der Waals surface area contributed by atoms with Crippen molar-refractivity contribution in [3.05, 3.63) is 59.3 Å². The summed E-state index contributed by atoms with van der Waals surface area (Å²) in [6.07, 6.45) is 1.55. The molecule has 30 heavy (non-hydrogen) atoms. The molecular weight excluding hydrogens is 392 g/mol. The van der Waals surface area contributed by atoms with Crippen LogP contribution in [-0.4, -0.2) is 47.4 Å². The van der Waals surface area contributed by atoms with E-state index in [9.17, 15) is 18.4 Å². The van der Waals surface area contributed by atoms with E-state index in [4.69, 9.17) is 5.73 Å². The number of hydrogen-bond acceptors (Lipinski definition) is 5. The fraction of sp³-hybridized carbons (Fsp3) is 0.381. The molecule has 1 aromatic carbocycles. The van der Waals surface area contributed by atoms with Crippen LogP contribution in [0, 0.1) is 11.6 Å². The van der Waals surface area contributed by atoms with Crippen LogP contribution >= 0.6 is 0 Å². The smallest absolute Gasteiger partial charge is 0.243 e. The Balaban J connectivity index is 2.13. The molecule has 1 heterocycles. The van der Waals surface area contributed by atoms with Crippen LogP contribution in [0.4, 0.5) is 14.6 Å². The van der Waals surface area contributed by atoms with Crippen LogP contribution < -0.4 is 16.4 Å². The average molecular weight is 419 g/mol. The zero-order valence-electron chi connectivity index (χ0n) is 17.3. The SMILES string of the molecule is CCN(C)[C@@H](C)C(=O)N[C@@H](Cc1ccc(F)c(F)c1)C(=O)NCc1ccc(N)nc1. The first-order valence-electron chi connectivity index (χ1n) is 9.64. The molecule has 0 saturated carbocycles. The number of amides is 2. The van der Waals surface area contributed by atoms with Gasteiger partial charge in [-0.25, -0.2) is 13.8 Å². The van der Waals surface area contributed by atoms with Gasteiger partial charge in [0.25, 0.3) is 0 Å². The molecule has 2 aromatic rings. The fourth-order valence-electron chi connectivity index (χ4n) is 2.73. The van der Waals surface area contributed by atoms with Crippen LogP contribution in [-0.2, 0) is 22.6 Å². The molecule has 0 fully saturated rings. The predicted octanol–water partition coefficient (Wildman–Crippen LogP) is 1.63. The van der Waals surface area contributed by atoms with Crippen molar-refractivity contribution in [3.8, 4) is 0 Å². The number of aromatic nitrogens is 1. The monoisotopic (exact) mass is 419 g/mol. The van der Waals surface area contributed by atoms with Crippen molar-refractivity contribution in [3.63, 3.8) is 0 Å². The van der Waals surface area contributed by atoms with Crippen molar-refractivity contribution < 1.29 is 18.4 Å². The fourth-order valence-corrected chi connectivity index (χ4v) is 2.73. The summed E-state index contributed by atoms with van der Waals surface area (Å²) in [6, 6.07) is 5.32. The van der Waals surface area contributed by atoms with E-state index in [0.717, 1.165) is 17.7 Å². The number of halogens is 2. The number of nitrogen functional groups attached to an aromatic ring is 1. The lowest BCUT2D eigenvalue weighted by atomic mass is 10.0. The molecule has 0 spiro atoms. The lowest BCUT2D eigenvalue weighted by Crippen LogP contribution is -2.53. The molecule has 0 aliphatic rings. The maximum atomic E-state index is 13.6. The zero-order chi connectivity index (χ0) is 22.3. The summed E-state index contributed by atoms with van der Waals surface area (Å²) in [6.45, 7) is 4.47. The van der Waals surface area contributed by atoms with Crippen molar-refractivity contribution in [2.24, 2.45) is 0 Å². The number of nitrogens with zero attached hydrogens (tertiary/aromatic N) is 2. The first kappa shape index (κ1) is 23.2. The van der Waals surface area contributed by atoms with E-state index in [2.05, 4.69) is 15.6 Å². The van der Waals surface area contributed by atoms with Crippen molar-refractivity contribution >= 4 is 17.6 Å². The third-order valence-electron chi connectivity index (χ3n) is 4.91. The number of nitrogens with two attached hydrogens (primary N) is 1. The maximum absolute atomic E-state index is 13.6.